The number of hydrogen-bond donors (Lipinski definition) is 1. The first-order chi connectivity index (χ1) is 15.2. The van der Waals surface area contributed by atoms with Crippen molar-refractivity contribution in [2.24, 2.45) is 7.05 Å². The highest BCUT2D eigenvalue weighted by atomic mass is 16.5. The maximum atomic E-state index is 12.5. The number of nitrogens with zero attached hydrogens (tertiary/aromatic N) is 4. The van der Waals surface area contributed by atoms with Crippen LogP contribution in [0.3, 0.4) is 0 Å². The first-order valence-corrected chi connectivity index (χ1v) is 10.7. The molecule has 0 spiro atoms. The molecule has 2 aromatic heterocycles. The number of ether oxygens (including phenoxy) is 1. The summed E-state index contributed by atoms with van der Waals surface area (Å²) >= 11 is 0. The largest absolute Gasteiger partial charge is 0.496 e. The van der Waals surface area contributed by atoms with E-state index in [9.17, 15) is 4.79 Å². The van der Waals surface area contributed by atoms with Crippen molar-refractivity contribution in [3.63, 3.8) is 0 Å². The van der Waals surface area contributed by atoms with E-state index in [0.717, 1.165) is 56.2 Å². The van der Waals surface area contributed by atoms with E-state index >= 15 is 0 Å². The third-order valence-electron chi connectivity index (χ3n) is 5.88. The summed E-state index contributed by atoms with van der Waals surface area (Å²) in [5, 5.41) is 3.68. The van der Waals surface area contributed by atoms with Gasteiger partial charge in [-0.15, -0.1) is 0 Å². The van der Waals surface area contributed by atoms with Crippen LogP contribution in [0.5, 0.6) is 5.75 Å². The second-order valence-corrected chi connectivity index (χ2v) is 7.85. The fourth-order valence-corrected chi connectivity index (χ4v) is 4.08. The molecule has 162 valence electrons. The molecule has 0 radical (unpaired) electrons. The molecule has 3 heterocycles. The minimum absolute atomic E-state index is 0.0473. The molecule has 7 nitrogen and oxygen atoms in total. The van der Waals surface area contributed by atoms with E-state index in [1.165, 1.54) is 5.56 Å². The van der Waals surface area contributed by atoms with Gasteiger partial charge < -0.3 is 15.0 Å². The monoisotopic (exact) mass is 419 g/mol. The standard InChI is InChI=1S/C24H29N5O2/c1-28-23(30)17-21(18-7-12-25-13-8-18)27-24(28)29-15-10-20(11-16-29)26-14-9-19-5-3-4-6-22(19)31-2/h3-8,12-13,17,20,26H,9-11,14-16H2,1-2H3. The Bertz CT molecular complexity index is 1060. The van der Waals surface area contributed by atoms with Crippen LogP contribution in [0.15, 0.2) is 59.7 Å². The van der Waals surface area contributed by atoms with Crippen molar-refractivity contribution < 1.29 is 4.74 Å². The van der Waals surface area contributed by atoms with E-state index in [2.05, 4.69) is 21.3 Å². The van der Waals surface area contributed by atoms with Crippen LogP contribution in [0, 0.1) is 0 Å². The molecule has 3 aromatic rings. The summed E-state index contributed by atoms with van der Waals surface area (Å²) in [7, 11) is 3.51. The summed E-state index contributed by atoms with van der Waals surface area (Å²) in [4.78, 5) is 23.6. The van der Waals surface area contributed by atoms with E-state index in [-0.39, 0.29) is 5.56 Å². The lowest BCUT2D eigenvalue weighted by Crippen LogP contribution is -2.45. The molecule has 4 rings (SSSR count). The van der Waals surface area contributed by atoms with Crippen molar-refractivity contribution in [1.29, 1.82) is 0 Å². The van der Waals surface area contributed by atoms with Gasteiger partial charge in [-0.05, 0) is 49.6 Å². The molecule has 31 heavy (non-hydrogen) atoms. The van der Waals surface area contributed by atoms with E-state index in [0.29, 0.717) is 11.7 Å². The maximum Gasteiger partial charge on any atom is 0.255 e. The molecule has 1 N–H and O–H groups in total. The normalized spacial score (nSPS) is 14.6. The zero-order valence-corrected chi connectivity index (χ0v) is 18.1. The number of methoxy groups -OCH3 is 1. The van der Waals surface area contributed by atoms with Crippen LogP contribution in [0.2, 0.25) is 0 Å². The topological polar surface area (TPSA) is 72.3 Å². The number of benzene rings is 1. The highest BCUT2D eigenvalue weighted by Crippen LogP contribution is 2.21. The highest BCUT2D eigenvalue weighted by Gasteiger charge is 2.22. The average Bonchev–Trinajstić information content (AvgIpc) is 2.82. The molecule has 0 atom stereocenters. The van der Waals surface area contributed by atoms with Crippen molar-refractivity contribution in [1.82, 2.24) is 19.9 Å². The zero-order chi connectivity index (χ0) is 21.6. The van der Waals surface area contributed by atoms with Crippen LogP contribution >= 0.6 is 0 Å². The summed E-state index contributed by atoms with van der Waals surface area (Å²) in [6, 6.07) is 14.0. The van der Waals surface area contributed by atoms with E-state index in [1.54, 1.807) is 37.2 Å². The average molecular weight is 420 g/mol. The van der Waals surface area contributed by atoms with E-state index < -0.39 is 0 Å². The number of hydrogen-bond acceptors (Lipinski definition) is 6. The van der Waals surface area contributed by atoms with Gasteiger partial charge in [0.25, 0.3) is 5.56 Å². The summed E-state index contributed by atoms with van der Waals surface area (Å²) in [6.07, 6.45) is 6.41. The number of aromatic nitrogens is 3. The Morgan fingerprint density at radius 1 is 1.13 bits per heavy atom. The Morgan fingerprint density at radius 2 is 1.87 bits per heavy atom. The van der Waals surface area contributed by atoms with E-state index in [4.69, 9.17) is 9.72 Å². The van der Waals surface area contributed by atoms with Gasteiger partial charge in [-0.1, -0.05) is 18.2 Å². The number of rotatable bonds is 7. The molecule has 7 heteroatoms. The van der Waals surface area contributed by atoms with Crippen molar-refractivity contribution in [3.8, 4) is 17.0 Å². The molecule has 1 fully saturated rings. The minimum Gasteiger partial charge on any atom is -0.496 e. The van der Waals surface area contributed by atoms with Crippen molar-refractivity contribution in [2.45, 2.75) is 25.3 Å². The number of anilines is 1. The summed E-state index contributed by atoms with van der Waals surface area (Å²) < 4.78 is 7.08. The number of para-hydroxylation sites is 1. The SMILES string of the molecule is COc1ccccc1CCNC1CCN(c2nc(-c3ccncc3)cc(=O)n2C)CC1. The molecule has 0 amide bonds. The quantitative estimate of drug-likeness (QED) is 0.635. The third-order valence-corrected chi connectivity index (χ3v) is 5.88. The summed E-state index contributed by atoms with van der Waals surface area (Å²) in [5.74, 6) is 1.67. The first kappa shape index (κ1) is 21.1. The smallest absolute Gasteiger partial charge is 0.255 e. The van der Waals surface area contributed by atoms with Crippen LogP contribution in [0.4, 0.5) is 5.95 Å². The van der Waals surface area contributed by atoms with Crippen LogP contribution in [-0.4, -0.2) is 47.3 Å². The lowest BCUT2D eigenvalue weighted by molar-refractivity contribution is 0.399. The van der Waals surface area contributed by atoms with Crippen molar-refractivity contribution in [3.05, 3.63) is 70.8 Å². The Labute approximate surface area is 182 Å². The van der Waals surface area contributed by atoms with Gasteiger partial charge in [0.1, 0.15) is 5.75 Å². The van der Waals surface area contributed by atoms with Crippen molar-refractivity contribution in [2.75, 3.05) is 31.6 Å². The van der Waals surface area contributed by atoms with Gasteiger partial charge in [0, 0.05) is 50.2 Å². The van der Waals surface area contributed by atoms with Gasteiger partial charge in [-0.25, -0.2) is 4.98 Å². The van der Waals surface area contributed by atoms with Crippen LogP contribution in [0.1, 0.15) is 18.4 Å². The van der Waals surface area contributed by atoms with Gasteiger partial charge in [-0.2, -0.15) is 0 Å². The Hall–Kier alpha value is -3.19. The lowest BCUT2D eigenvalue weighted by atomic mass is 10.0. The predicted molar refractivity (Wildman–Crippen MR) is 123 cm³/mol. The molecule has 1 aliphatic heterocycles. The molecule has 0 bridgehead atoms. The molecule has 1 aromatic carbocycles. The summed E-state index contributed by atoms with van der Waals surface area (Å²) in [5.41, 5.74) is 2.77. The number of piperidine rings is 1. The number of nitrogens with one attached hydrogen (secondary N) is 1. The van der Waals surface area contributed by atoms with Gasteiger partial charge in [-0.3, -0.25) is 14.3 Å². The Morgan fingerprint density at radius 3 is 2.61 bits per heavy atom. The molecule has 1 saturated heterocycles. The molecule has 1 aliphatic rings. The van der Waals surface area contributed by atoms with Gasteiger partial charge >= 0.3 is 0 Å². The van der Waals surface area contributed by atoms with Crippen molar-refractivity contribution >= 4 is 5.95 Å². The molecular weight excluding hydrogens is 390 g/mol. The Balaban J connectivity index is 1.36. The van der Waals surface area contributed by atoms with Crippen LogP contribution in [0.25, 0.3) is 11.3 Å². The zero-order valence-electron chi connectivity index (χ0n) is 18.1. The van der Waals surface area contributed by atoms with Gasteiger partial charge in [0.05, 0.1) is 12.8 Å². The van der Waals surface area contributed by atoms with Gasteiger partial charge in [0.2, 0.25) is 5.95 Å². The maximum absolute atomic E-state index is 12.5. The summed E-state index contributed by atoms with van der Waals surface area (Å²) in [6.45, 7) is 2.65. The van der Waals surface area contributed by atoms with Crippen LogP contribution < -0.4 is 20.5 Å². The molecule has 0 saturated carbocycles. The van der Waals surface area contributed by atoms with Crippen LogP contribution in [-0.2, 0) is 13.5 Å². The molecule has 0 aliphatic carbocycles. The second kappa shape index (κ2) is 9.75. The fraction of sp³-hybridized carbons (Fsp3) is 0.375. The first-order valence-electron chi connectivity index (χ1n) is 10.7. The van der Waals surface area contributed by atoms with E-state index in [1.807, 2.05) is 30.3 Å². The molecule has 0 unspecified atom stereocenters. The highest BCUT2D eigenvalue weighted by molar-refractivity contribution is 5.59. The predicted octanol–water partition coefficient (Wildman–Crippen LogP) is 2.65. The molecular formula is C24H29N5O2. The lowest BCUT2D eigenvalue weighted by Gasteiger charge is -2.34. The second-order valence-electron chi connectivity index (χ2n) is 7.85. The van der Waals surface area contributed by atoms with Gasteiger partial charge in [0.15, 0.2) is 0 Å². The minimum atomic E-state index is -0.0473. The third kappa shape index (κ3) is 4.94. The number of pyridine rings is 1. The Kier molecular flexibility index (Phi) is 6.62. The fourth-order valence-electron chi connectivity index (χ4n) is 4.08.